The first-order chi connectivity index (χ1) is 19.7. The maximum Gasteiger partial charge on any atom is 0.251 e. The van der Waals surface area contributed by atoms with Crippen LogP contribution in [0, 0.1) is 5.82 Å². The average Bonchev–Trinajstić information content (AvgIpc) is 3.65. The first kappa shape index (κ1) is 27.4. The summed E-state index contributed by atoms with van der Waals surface area (Å²) in [4.78, 5) is 0. The van der Waals surface area contributed by atoms with Crippen molar-refractivity contribution in [1.82, 2.24) is 13.8 Å². The number of benzene rings is 2. The van der Waals surface area contributed by atoms with E-state index in [0.29, 0.717) is 28.8 Å². The van der Waals surface area contributed by atoms with Gasteiger partial charge in [0.15, 0.2) is 11.6 Å². The van der Waals surface area contributed by atoms with Crippen LogP contribution in [0.3, 0.4) is 0 Å². The van der Waals surface area contributed by atoms with E-state index in [9.17, 15) is 17.9 Å². The molecule has 1 fully saturated rings. The zero-order chi connectivity index (χ0) is 28.8. The third-order valence-electron chi connectivity index (χ3n) is 7.74. The molecule has 0 radical (unpaired) electrons. The molecule has 1 N–H and O–H groups in total. The quantitative estimate of drug-likeness (QED) is 0.288. The third kappa shape index (κ3) is 4.67. The van der Waals surface area contributed by atoms with E-state index in [2.05, 4.69) is 5.10 Å². The highest BCUT2D eigenvalue weighted by molar-refractivity contribution is 7.91. The highest BCUT2D eigenvalue weighted by Gasteiger charge is 2.48. The number of halogens is 2. The molecular weight excluding hydrogens is 552 g/mol. The van der Waals surface area contributed by atoms with E-state index in [4.69, 9.17) is 9.47 Å². The lowest BCUT2D eigenvalue weighted by Crippen LogP contribution is -2.41. The number of rotatable bonds is 7. The van der Waals surface area contributed by atoms with Crippen molar-refractivity contribution in [3.8, 4) is 17.0 Å². The van der Waals surface area contributed by atoms with Gasteiger partial charge in [0.05, 0.1) is 17.8 Å². The van der Waals surface area contributed by atoms with Crippen molar-refractivity contribution < 1.29 is 31.8 Å². The second kappa shape index (κ2) is 10.6. The molecule has 0 saturated carbocycles. The summed E-state index contributed by atoms with van der Waals surface area (Å²) in [6.07, 6.45) is 8.50. The van der Waals surface area contributed by atoms with Crippen LogP contribution in [-0.4, -0.2) is 38.6 Å². The Balaban J connectivity index is 1.32. The number of ether oxygens (including phenoxy) is 2. The highest BCUT2D eigenvalue weighted by atomic mass is 32.2. The normalized spacial score (nSPS) is 21.5. The highest BCUT2D eigenvalue weighted by Crippen LogP contribution is 2.41. The van der Waals surface area contributed by atoms with Crippen LogP contribution in [0.5, 0.6) is 5.75 Å². The van der Waals surface area contributed by atoms with Gasteiger partial charge in [-0.2, -0.15) is 5.10 Å². The van der Waals surface area contributed by atoms with E-state index in [0.717, 1.165) is 23.2 Å². The standard InChI is InChI=1S/C30H29F2N3O5S/c1-30(41(37,38)35-16-12-22-20(19-36)6-4-7-26(22)35)14-5-8-27(29(30)32)40-21-10-11-24(31)23(18-21)25-13-15-34(33-25)28-9-2-3-17-39-28/h4-8,10-13,15-16,18,28,36H,2-3,9,14,17,19H2,1H3. The molecule has 0 amide bonds. The smallest absolute Gasteiger partial charge is 0.251 e. The molecular formula is C30H29F2N3O5S. The number of hydrogen-bond acceptors (Lipinski definition) is 6. The monoisotopic (exact) mass is 581 g/mol. The number of aliphatic hydroxyl groups is 1. The van der Waals surface area contributed by atoms with E-state index in [1.807, 2.05) is 0 Å². The van der Waals surface area contributed by atoms with Crippen molar-refractivity contribution in [1.29, 1.82) is 0 Å². The topological polar surface area (TPSA) is 95.6 Å². The molecule has 2 aromatic heterocycles. The molecule has 11 heteroatoms. The molecule has 3 heterocycles. The molecule has 0 spiro atoms. The number of aliphatic hydroxyl groups excluding tert-OH is 1. The second-order valence-electron chi connectivity index (χ2n) is 10.4. The first-order valence-corrected chi connectivity index (χ1v) is 14.8. The number of allylic oxidation sites excluding steroid dienone is 2. The lowest BCUT2D eigenvalue weighted by Gasteiger charge is -2.30. The van der Waals surface area contributed by atoms with E-state index < -0.39 is 26.4 Å². The van der Waals surface area contributed by atoms with Crippen molar-refractivity contribution in [2.45, 2.75) is 50.2 Å². The van der Waals surface area contributed by atoms with Crippen LogP contribution in [0.15, 0.2) is 84.7 Å². The van der Waals surface area contributed by atoms with E-state index in [1.165, 1.54) is 43.5 Å². The van der Waals surface area contributed by atoms with Gasteiger partial charge in [0, 0.05) is 30.0 Å². The molecule has 41 heavy (non-hydrogen) atoms. The summed E-state index contributed by atoms with van der Waals surface area (Å²) in [6, 6.07) is 12.2. The molecule has 0 bridgehead atoms. The molecule has 2 atom stereocenters. The lowest BCUT2D eigenvalue weighted by molar-refractivity contribution is -0.0393. The summed E-state index contributed by atoms with van der Waals surface area (Å²) >= 11 is 0. The Kier molecular flexibility index (Phi) is 7.04. The van der Waals surface area contributed by atoms with Gasteiger partial charge in [0.2, 0.25) is 0 Å². The molecule has 2 unspecified atom stereocenters. The summed E-state index contributed by atoms with van der Waals surface area (Å²) in [5, 5.41) is 14.7. The van der Waals surface area contributed by atoms with Gasteiger partial charge in [-0.25, -0.2) is 25.9 Å². The van der Waals surface area contributed by atoms with Crippen molar-refractivity contribution in [2.24, 2.45) is 0 Å². The van der Waals surface area contributed by atoms with Crippen molar-refractivity contribution in [2.75, 3.05) is 6.61 Å². The van der Waals surface area contributed by atoms with Crippen molar-refractivity contribution in [3.63, 3.8) is 0 Å². The van der Waals surface area contributed by atoms with Gasteiger partial charge < -0.3 is 14.6 Å². The molecule has 214 valence electrons. The predicted octanol–water partition coefficient (Wildman–Crippen LogP) is 5.99. The van der Waals surface area contributed by atoms with Gasteiger partial charge in [-0.1, -0.05) is 18.2 Å². The van der Waals surface area contributed by atoms with Crippen molar-refractivity contribution in [3.05, 3.63) is 96.0 Å². The number of aromatic nitrogens is 3. The minimum atomic E-state index is -4.32. The first-order valence-electron chi connectivity index (χ1n) is 13.4. The van der Waals surface area contributed by atoms with Gasteiger partial charge in [-0.3, -0.25) is 0 Å². The molecule has 2 aliphatic rings. The summed E-state index contributed by atoms with van der Waals surface area (Å²) in [5.74, 6) is -1.66. The van der Waals surface area contributed by atoms with Crippen LogP contribution < -0.4 is 4.74 Å². The van der Waals surface area contributed by atoms with Gasteiger partial charge >= 0.3 is 0 Å². The zero-order valence-corrected chi connectivity index (χ0v) is 23.2. The molecule has 2 aromatic carbocycles. The Labute approximate surface area is 236 Å². The summed E-state index contributed by atoms with van der Waals surface area (Å²) in [7, 11) is -4.32. The van der Waals surface area contributed by atoms with Crippen molar-refractivity contribution >= 4 is 20.9 Å². The second-order valence-corrected chi connectivity index (χ2v) is 12.6. The Bertz CT molecular complexity index is 1790. The van der Waals surface area contributed by atoms with E-state index in [-0.39, 0.29) is 36.3 Å². The minimum absolute atomic E-state index is 0.122. The molecule has 6 rings (SSSR count). The van der Waals surface area contributed by atoms with Gasteiger partial charge in [0.25, 0.3) is 10.0 Å². The number of nitrogens with zero attached hydrogens (tertiary/aromatic N) is 3. The molecule has 1 saturated heterocycles. The van der Waals surface area contributed by atoms with Gasteiger partial charge in [0.1, 0.15) is 22.5 Å². The fourth-order valence-electron chi connectivity index (χ4n) is 5.35. The Morgan fingerprint density at radius 3 is 2.78 bits per heavy atom. The van der Waals surface area contributed by atoms with Crippen LogP contribution in [0.4, 0.5) is 8.78 Å². The lowest BCUT2D eigenvalue weighted by atomic mass is 9.99. The van der Waals surface area contributed by atoms with Gasteiger partial charge in [-0.05, 0) is 80.6 Å². The number of fused-ring (bicyclic) bond motifs is 1. The maximum atomic E-state index is 16.1. The Morgan fingerprint density at radius 2 is 2.00 bits per heavy atom. The van der Waals surface area contributed by atoms with Crippen LogP contribution in [-0.2, 0) is 21.4 Å². The maximum absolute atomic E-state index is 16.1. The van der Waals surface area contributed by atoms with Crippen LogP contribution >= 0.6 is 0 Å². The fourth-order valence-corrected chi connectivity index (χ4v) is 7.06. The van der Waals surface area contributed by atoms with Gasteiger partial charge in [-0.15, -0.1) is 0 Å². The van der Waals surface area contributed by atoms with E-state index in [1.54, 1.807) is 41.2 Å². The molecule has 1 aliphatic carbocycles. The summed E-state index contributed by atoms with van der Waals surface area (Å²) in [5.41, 5.74) is 1.42. The molecule has 1 aliphatic heterocycles. The average molecular weight is 582 g/mol. The largest absolute Gasteiger partial charge is 0.455 e. The van der Waals surface area contributed by atoms with Crippen LogP contribution in [0.2, 0.25) is 0 Å². The molecule has 4 aromatic rings. The summed E-state index contributed by atoms with van der Waals surface area (Å²) in [6.45, 7) is 1.69. The molecule has 8 nitrogen and oxygen atoms in total. The van der Waals surface area contributed by atoms with E-state index >= 15 is 4.39 Å². The summed E-state index contributed by atoms with van der Waals surface area (Å²) < 4.78 is 71.0. The third-order valence-corrected chi connectivity index (χ3v) is 10.1. The Hall–Kier alpha value is -3.80. The number of hydrogen-bond donors (Lipinski definition) is 1. The Morgan fingerprint density at radius 1 is 1.15 bits per heavy atom. The fraction of sp³-hybridized carbons (Fsp3) is 0.300. The SMILES string of the molecule is CC1(S(=O)(=O)n2ccc3c(CO)cccc32)CC=CC(Oc2ccc(F)c(-c3ccn(C4CCCCO4)n3)c2)=C1F. The predicted molar refractivity (Wildman–Crippen MR) is 150 cm³/mol. The van der Waals surface area contributed by atoms with Crippen LogP contribution in [0.25, 0.3) is 22.2 Å². The zero-order valence-electron chi connectivity index (χ0n) is 22.3. The van der Waals surface area contributed by atoms with Crippen LogP contribution in [0.1, 0.15) is 44.4 Å². The minimum Gasteiger partial charge on any atom is -0.455 e.